The number of pyridine rings is 2. The topological polar surface area (TPSA) is 111 Å². The Kier molecular flexibility index (Phi) is 11.7. The van der Waals surface area contributed by atoms with Crippen LogP contribution in [0.1, 0.15) is 105 Å². The Morgan fingerprint density at radius 2 is 1.23 bits per heavy atom. The summed E-state index contributed by atoms with van der Waals surface area (Å²) in [5, 5.41) is 10.7. The molecule has 0 radical (unpaired) electrons. The first-order chi connectivity index (χ1) is 32.1. The number of aromatic carboxylic acids is 1. The monoisotopic (exact) mass is 957 g/mol. The van der Waals surface area contributed by atoms with Crippen LogP contribution in [0.5, 0.6) is 0 Å². The molecule has 4 heterocycles. The molecule has 0 saturated heterocycles. The second-order valence-electron chi connectivity index (χ2n) is 17.5. The molecule has 1 aliphatic heterocycles. The van der Waals surface area contributed by atoms with Crippen molar-refractivity contribution < 1.29 is 19.4 Å². The quantitative estimate of drug-likeness (QED) is 0.107. The molecule has 2 saturated carbocycles. The lowest BCUT2D eigenvalue weighted by atomic mass is 9.74. The minimum atomic E-state index is -1.17. The third-order valence-electron chi connectivity index (χ3n) is 13.2. The van der Waals surface area contributed by atoms with Gasteiger partial charge in [0.1, 0.15) is 11.1 Å². The Morgan fingerprint density at radius 3 is 1.76 bits per heavy atom. The number of benzene rings is 5. The van der Waals surface area contributed by atoms with Gasteiger partial charge in [-0.3, -0.25) is 14.5 Å². The van der Waals surface area contributed by atoms with Gasteiger partial charge in [-0.1, -0.05) is 120 Å². The van der Waals surface area contributed by atoms with E-state index in [1.807, 2.05) is 44.7 Å². The van der Waals surface area contributed by atoms with Gasteiger partial charge < -0.3 is 19.0 Å². The number of hydrogen-bond donors (Lipinski definition) is 1. The third kappa shape index (κ3) is 7.92. The largest absolute Gasteiger partial charge is 0.477 e. The summed E-state index contributed by atoms with van der Waals surface area (Å²) in [6.07, 6.45) is 7.33. The fraction of sp³-hybridized carbons (Fsp3) is 0.236. The smallest absolute Gasteiger partial charge is 0.343 e. The fourth-order valence-electron chi connectivity index (χ4n) is 9.78. The third-order valence-corrected chi connectivity index (χ3v) is 14.8. The molecule has 1 unspecified atom stereocenters. The van der Waals surface area contributed by atoms with Gasteiger partial charge in [0.15, 0.2) is 0 Å². The number of rotatable bonds is 10. The van der Waals surface area contributed by atoms with Crippen molar-refractivity contribution in [1.29, 1.82) is 0 Å². The van der Waals surface area contributed by atoms with E-state index in [0.717, 1.165) is 59.8 Å². The second kappa shape index (κ2) is 17.8. The van der Waals surface area contributed by atoms with Gasteiger partial charge in [-0.2, -0.15) is 0 Å². The van der Waals surface area contributed by atoms with Crippen LogP contribution in [0, 0.1) is 0 Å². The van der Waals surface area contributed by atoms with E-state index in [2.05, 4.69) is 131 Å². The van der Waals surface area contributed by atoms with Crippen LogP contribution in [-0.2, 0) is 16.8 Å². The highest BCUT2D eigenvalue weighted by atomic mass is 79.9. The molecule has 2 fully saturated rings. The average molecular weight is 959 g/mol. The second-order valence-corrected chi connectivity index (χ2v) is 19.6. The van der Waals surface area contributed by atoms with Crippen molar-refractivity contribution in [2.75, 3.05) is 13.2 Å². The van der Waals surface area contributed by atoms with Gasteiger partial charge in [0, 0.05) is 62.6 Å². The van der Waals surface area contributed by atoms with E-state index in [1.165, 1.54) is 32.0 Å². The van der Waals surface area contributed by atoms with Crippen molar-refractivity contribution in [3.05, 3.63) is 209 Å². The number of esters is 1. The van der Waals surface area contributed by atoms with Crippen molar-refractivity contribution in [1.82, 2.24) is 14.0 Å². The molecule has 3 aromatic heterocycles. The normalized spacial score (nSPS) is 16.1. The number of ether oxygens (including phenoxy) is 1. The van der Waals surface area contributed by atoms with Crippen molar-refractivity contribution >= 4 is 61.0 Å². The summed E-state index contributed by atoms with van der Waals surface area (Å²) in [6, 6.07) is 46.9. The molecule has 11 rings (SSSR count). The number of halogens is 1. The van der Waals surface area contributed by atoms with Crippen LogP contribution < -0.4 is 10.9 Å². The van der Waals surface area contributed by atoms with Gasteiger partial charge in [0.05, 0.1) is 23.2 Å². The van der Waals surface area contributed by atoms with Gasteiger partial charge in [-0.05, 0) is 103 Å². The fourth-order valence-corrected chi connectivity index (χ4v) is 11.4. The first kappa shape index (κ1) is 43.5. The number of carboxylic acid groups (broad SMARTS) is 1. The minimum absolute atomic E-state index is 0.119. The van der Waals surface area contributed by atoms with E-state index in [4.69, 9.17) is 4.74 Å². The maximum atomic E-state index is 13.1. The van der Waals surface area contributed by atoms with Crippen LogP contribution in [-0.4, -0.2) is 44.2 Å². The molecule has 5 aromatic carbocycles. The summed E-state index contributed by atoms with van der Waals surface area (Å²) < 4.78 is 9.93. The highest BCUT2D eigenvalue weighted by Gasteiger charge is 2.45. The number of hydrogen-bond acceptors (Lipinski definition) is 7. The van der Waals surface area contributed by atoms with E-state index in [1.54, 1.807) is 25.4 Å². The zero-order chi connectivity index (χ0) is 45.7. The molecule has 11 heteroatoms. The molecule has 66 heavy (non-hydrogen) atoms. The Bertz CT molecular complexity index is 3170. The number of carboxylic acids is 1. The van der Waals surface area contributed by atoms with Crippen molar-refractivity contribution in [2.45, 2.75) is 69.6 Å². The molecule has 1 N–H and O–H groups in total. The van der Waals surface area contributed by atoms with E-state index in [-0.39, 0.29) is 29.2 Å². The highest BCUT2D eigenvalue weighted by molar-refractivity contribution is 9.10. The lowest BCUT2D eigenvalue weighted by Gasteiger charge is -2.48. The summed E-state index contributed by atoms with van der Waals surface area (Å²) in [5.41, 5.74) is 6.64. The van der Waals surface area contributed by atoms with Crippen LogP contribution in [0.25, 0.3) is 32.2 Å². The Hall–Kier alpha value is -6.40. The number of thiophene rings is 1. The average Bonchev–Trinajstić information content (AvgIpc) is 4.29. The molecule has 332 valence electrons. The van der Waals surface area contributed by atoms with Gasteiger partial charge in [-0.25, -0.2) is 9.59 Å². The summed E-state index contributed by atoms with van der Waals surface area (Å²) >= 11 is 5.25. The van der Waals surface area contributed by atoms with Crippen molar-refractivity contribution in [2.24, 2.45) is 0 Å². The maximum Gasteiger partial charge on any atom is 0.343 e. The zero-order valence-corrected chi connectivity index (χ0v) is 39.1. The molecular formula is C55H48BrN3O6S. The Morgan fingerprint density at radius 1 is 0.712 bits per heavy atom. The van der Waals surface area contributed by atoms with Crippen LogP contribution in [0.3, 0.4) is 0 Å². The van der Waals surface area contributed by atoms with E-state index in [0.29, 0.717) is 22.7 Å². The zero-order valence-electron chi connectivity index (χ0n) is 36.7. The van der Waals surface area contributed by atoms with Crippen LogP contribution in [0.2, 0.25) is 0 Å². The Labute approximate surface area is 394 Å². The number of fused-ring (bicyclic) bond motifs is 3. The van der Waals surface area contributed by atoms with E-state index in [9.17, 15) is 24.3 Å². The first-order valence-corrected chi connectivity index (χ1v) is 24.2. The molecule has 9 nitrogen and oxygen atoms in total. The molecule has 0 bridgehead atoms. The van der Waals surface area contributed by atoms with Crippen LogP contribution in [0.15, 0.2) is 160 Å². The predicted molar refractivity (Wildman–Crippen MR) is 265 cm³/mol. The van der Waals surface area contributed by atoms with E-state index < -0.39 is 22.9 Å². The summed E-state index contributed by atoms with van der Waals surface area (Å²) in [5.74, 6) is -1.42. The number of carbonyl (C=O) groups excluding carboxylic acids is 1. The Balaban J connectivity index is 0.000000213. The van der Waals surface area contributed by atoms with Gasteiger partial charge in [0.2, 0.25) is 10.9 Å². The standard InChI is InChI=1S/C40H34N2O3S.C15H14BrNO3/c1-26-23-41(40(28-11-5-2-6-12-28,29-13-7-3-8-14-29)30-15-9-4-10-16-30)25-37-33(26)22-36(46-37)27-17-20-32-35(21-27)42(31-18-19-31)24-34(38(32)43)39(44)45;1-2-20-15(19)12-8-17(10-4-5-10)13-7-9(16)3-6-11(13)14(12)18/h2-17,20-22,24,26,31H,18-19,23,25H2,1H3,(H,44,45);3,6-8,10H,2,4-5H2,1H3. The molecular weight excluding hydrogens is 911 g/mol. The van der Waals surface area contributed by atoms with Gasteiger partial charge in [0.25, 0.3) is 0 Å². The molecule has 1 atom stereocenters. The number of carbonyl (C=O) groups is 2. The van der Waals surface area contributed by atoms with Gasteiger partial charge in [-0.15, -0.1) is 11.3 Å². The lowest BCUT2D eigenvalue weighted by Crippen LogP contribution is -2.50. The van der Waals surface area contributed by atoms with Crippen LogP contribution in [0.4, 0.5) is 0 Å². The number of aromatic nitrogens is 2. The predicted octanol–water partition coefficient (Wildman–Crippen LogP) is 11.9. The molecule has 0 amide bonds. The highest BCUT2D eigenvalue weighted by Crippen LogP contribution is 2.49. The summed E-state index contributed by atoms with van der Waals surface area (Å²) in [4.78, 5) is 54.5. The number of nitrogens with zero attached hydrogens (tertiary/aromatic N) is 3. The van der Waals surface area contributed by atoms with Crippen LogP contribution >= 0.6 is 27.3 Å². The van der Waals surface area contributed by atoms with E-state index >= 15 is 0 Å². The van der Waals surface area contributed by atoms with Crippen molar-refractivity contribution in [3.63, 3.8) is 0 Å². The SMILES string of the molecule is CC1CN(C(c2ccccc2)(c2ccccc2)c2ccccc2)Cc2sc(-c3ccc4c(=O)c(C(=O)O)cn(C5CC5)c4c3)cc21.CCOC(=O)c1cn(C2CC2)c2cc(Br)ccc2c1=O. The first-order valence-electron chi connectivity index (χ1n) is 22.5. The molecule has 8 aromatic rings. The molecule has 3 aliphatic rings. The minimum Gasteiger partial charge on any atom is -0.477 e. The maximum absolute atomic E-state index is 13.1. The molecule has 2 aliphatic carbocycles. The molecule has 0 spiro atoms. The summed E-state index contributed by atoms with van der Waals surface area (Å²) in [6.45, 7) is 6.01. The lowest BCUT2D eigenvalue weighted by molar-refractivity contribution is 0.0523. The van der Waals surface area contributed by atoms with Gasteiger partial charge >= 0.3 is 11.9 Å². The van der Waals surface area contributed by atoms with Crippen molar-refractivity contribution in [3.8, 4) is 10.4 Å². The summed E-state index contributed by atoms with van der Waals surface area (Å²) in [7, 11) is 0.